The molecule has 2 nitrogen and oxygen atoms in total. The molecule has 0 fully saturated rings. The molecular weight excluding hydrogens is 192 g/mol. The lowest BCUT2D eigenvalue weighted by molar-refractivity contribution is 0.437. The van der Waals surface area contributed by atoms with Crippen LogP contribution >= 0.6 is 11.8 Å². The molecule has 0 amide bonds. The van der Waals surface area contributed by atoms with Crippen molar-refractivity contribution < 1.29 is 0 Å². The molecule has 0 aliphatic rings. The predicted molar refractivity (Wildman–Crippen MR) is 64.5 cm³/mol. The molecule has 1 N–H and O–H groups in total. The average molecular weight is 214 g/mol. The van der Waals surface area contributed by atoms with Crippen LogP contribution in [0, 0.1) is 11.3 Å². The van der Waals surface area contributed by atoms with E-state index in [0.29, 0.717) is 0 Å². The number of rotatable bonds is 8. The monoisotopic (exact) mass is 214 g/mol. The third kappa shape index (κ3) is 6.28. The summed E-state index contributed by atoms with van der Waals surface area (Å²) in [5.74, 6) is 2.28. The van der Waals surface area contributed by atoms with E-state index < -0.39 is 0 Å². The molecule has 0 aromatic carbocycles. The Hall–Kier alpha value is -0.200. The molecule has 0 heterocycles. The highest BCUT2D eigenvalue weighted by molar-refractivity contribution is 7.99. The van der Waals surface area contributed by atoms with Crippen LogP contribution in [0.25, 0.3) is 0 Å². The molecule has 0 rings (SSSR count). The van der Waals surface area contributed by atoms with Crippen molar-refractivity contribution >= 4 is 11.8 Å². The van der Waals surface area contributed by atoms with Gasteiger partial charge in [0.05, 0.1) is 6.07 Å². The molecule has 14 heavy (non-hydrogen) atoms. The Morgan fingerprint density at radius 2 is 2.00 bits per heavy atom. The summed E-state index contributed by atoms with van der Waals surface area (Å²) in [5.41, 5.74) is -0.323. The average Bonchev–Trinajstić information content (AvgIpc) is 2.22. The maximum Gasteiger partial charge on any atom is 0.104 e. The van der Waals surface area contributed by atoms with Gasteiger partial charge in [-0.2, -0.15) is 17.0 Å². The lowest BCUT2D eigenvalue weighted by Crippen LogP contribution is -2.41. The van der Waals surface area contributed by atoms with E-state index in [2.05, 4.69) is 25.2 Å². The summed E-state index contributed by atoms with van der Waals surface area (Å²) in [6.45, 7) is 7.24. The minimum Gasteiger partial charge on any atom is -0.300 e. The lowest BCUT2D eigenvalue weighted by Gasteiger charge is -2.22. The van der Waals surface area contributed by atoms with Crippen molar-refractivity contribution in [3.63, 3.8) is 0 Å². The largest absolute Gasteiger partial charge is 0.300 e. The molecule has 0 saturated carbocycles. The first-order valence-electron chi connectivity index (χ1n) is 5.42. The van der Waals surface area contributed by atoms with Crippen molar-refractivity contribution in [2.75, 3.05) is 18.1 Å². The number of thioether (sulfide) groups is 1. The topological polar surface area (TPSA) is 35.8 Å². The Morgan fingerprint density at radius 1 is 1.29 bits per heavy atom. The van der Waals surface area contributed by atoms with E-state index in [4.69, 9.17) is 5.26 Å². The van der Waals surface area contributed by atoms with Crippen molar-refractivity contribution in [3.8, 4) is 6.07 Å². The fourth-order valence-electron chi connectivity index (χ4n) is 1.11. The summed E-state index contributed by atoms with van der Waals surface area (Å²) in [4.78, 5) is 0. The minimum atomic E-state index is -0.323. The van der Waals surface area contributed by atoms with Crippen molar-refractivity contribution in [2.45, 2.75) is 45.6 Å². The summed E-state index contributed by atoms with van der Waals surface area (Å²) >= 11 is 1.94. The Balaban J connectivity index is 3.70. The molecule has 1 unspecified atom stereocenters. The van der Waals surface area contributed by atoms with Crippen LogP contribution in [0.15, 0.2) is 0 Å². The molecule has 3 heteroatoms. The number of nitriles is 1. The van der Waals surface area contributed by atoms with Gasteiger partial charge in [-0.25, -0.2) is 0 Å². The molecule has 0 saturated heterocycles. The molecule has 0 aromatic rings. The number of nitrogens with one attached hydrogen (secondary N) is 1. The van der Waals surface area contributed by atoms with Crippen LogP contribution in [-0.2, 0) is 0 Å². The quantitative estimate of drug-likeness (QED) is 0.631. The standard InChI is InChI=1S/C11H22N2S/c1-4-7-13-11(3,10-12)6-9-14-8-5-2/h13H,4-9H2,1-3H3. The van der Waals surface area contributed by atoms with Gasteiger partial charge in [-0.1, -0.05) is 13.8 Å². The van der Waals surface area contributed by atoms with Gasteiger partial charge in [0.25, 0.3) is 0 Å². The molecule has 0 aromatic heterocycles. The molecule has 0 aliphatic carbocycles. The maximum atomic E-state index is 9.05. The van der Waals surface area contributed by atoms with Gasteiger partial charge in [0.2, 0.25) is 0 Å². The summed E-state index contributed by atoms with van der Waals surface area (Å²) < 4.78 is 0. The van der Waals surface area contributed by atoms with Crippen LogP contribution in [-0.4, -0.2) is 23.6 Å². The summed E-state index contributed by atoms with van der Waals surface area (Å²) in [5, 5.41) is 12.3. The first-order valence-corrected chi connectivity index (χ1v) is 6.58. The zero-order valence-electron chi connectivity index (χ0n) is 9.60. The van der Waals surface area contributed by atoms with E-state index in [-0.39, 0.29) is 5.54 Å². The highest BCUT2D eigenvalue weighted by Gasteiger charge is 2.21. The fraction of sp³-hybridized carbons (Fsp3) is 0.909. The van der Waals surface area contributed by atoms with Gasteiger partial charge in [-0.05, 0) is 44.2 Å². The smallest absolute Gasteiger partial charge is 0.104 e. The highest BCUT2D eigenvalue weighted by atomic mass is 32.2. The number of nitrogens with zero attached hydrogens (tertiary/aromatic N) is 1. The molecule has 1 atom stereocenters. The SMILES string of the molecule is CCCNC(C)(C#N)CCSCCC. The molecule has 0 spiro atoms. The van der Waals surface area contributed by atoms with Crippen molar-refractivity contribution in [1.29, 1.82) is 5.26 Å². The number of hydrogen-bond donors (Lipinski definition) is 1. The molecule has 0 aliphatic heterocycles. The van der Waals surface area contributed by atoms with Crippen LogP contribution in [0.5, 0.6) is 0 Å². The number of hydrogen-bond acceptors (Lipinski definition) is 3. The van der Waals surface area contributed by atoms with Gasteiger partial charge in [0.1, 0.15) is 5.54 Å². The minimum absolute atomic E-state index is 0.323. The second-order valence-electron chi connectivity index (χ2n) is 3.73. The normalized spacial score (nSPS) is 14.7. The predicted octanol–water partition coefficient (Wildman–Crippen LogP) is 2.80. The van der Waals surface area contributed by atoms with Gasteiger partial charge in [-0.3, -0.25) is 5.32 Å². The zero-order valence-corrected chi connectivity index (χ0v) is 10.4. The molecule has 0 radical (unpaired) electrons. The third-order valence-electron chi connectivity index (χ3n) is 2.11. The zero-order chi connectivity index (χ0) is 10.9. The van der Waals surface area contributed by atoms with Crippen LogP contribution in [0.4, 0.5) is 0 Å². The first kappa shape index (κ1) is 13.8. The third-order valence-corrected chi connectivity index (χ3v) is 3.30. The van der Waals surface area contributed by atoms with Crippen LogP contribution < -0.4 is 5.32 Å². The summed E-state index contributed by atoms with van der Waals surface area (Å²) in [6.07, 6.45) is 3.24. The summed E-state index contributed by atoms with van der Waals surface area (Å²) in [7, 11) is 0. The molecule has 82 valence electrons. The summed E-state index contributed by atoms with van der Waals surface area (Å²) in [6, 6.07) is 2.37. The van der Waals surface area contributed by atoms with Crippen molar-refractivity contribution in [3.05, 3.63) is 0 Å². The van der Waals surface area contributed by atoms with E-state index in [1.54, 1.807) is 0 Å². The van der Waals surface area contributed by atoms with E-state index in [1.807, 2.05) is 18.7 Å². The van der Waals surface area contributed by atoms with Crippen LogP contribution in [0.3, 0.4) is 0 Å². The van der Waals surface area contributed by atoms with Gasteiger partial charge in [0.15, 0.2) is 0 Å². The van der Waals surface area contributed by atoms with Gasteiger partial charge >= 0.3 is 0 Å². The van der Waals surface area contributed by atoms with E-state index in [1.165, 1.54) is 12.2 Å². The fourth-order valence-corrected chi connectivity index (χ4v) is 2.15. The lowest BCUT2D eigenvalue weighted by atomic mass is 10.0. The van der Waals surface area contributed by atoms with E-state index in [0.717, 1.165) is 25.1 Å². The first-order chi connectivity index (χ1) is 6.68. The Bertz CT molecular complexity index is 177. The van der Waals surface area contributed by atoms with Crippen molar-refractivity contribution in [1.82, 2.24) is 5.32 Å². The second kappa shape index (κ2) is 8.14. The van der Waals surface area contributed by atoms with Gasteiger partial charge < -0.3 is 0 Å². The van der Waals surface area contributed by atoms with E-state index >= 15 is 0 Å². The van der Waals surface area contributed by atoms with Gasteiger partial charge in [-0.15, -0.1) is 0 Å². The Morgan fingerprint density at radius 3 is 2.50 bits per heavy atom. The van der Waals surface area contributed by atoms with Gasteiger partial charge in [0, 0.05) is 0 Å². The molecule has 0 bridgehead atoms. The molecular formula is C11H22N2S. The van der Waals surface area contributed by atoms with Crippen LogP contribution in [0.2, 0.25) is 0 Å². The maximum absolute atomic E-state index is 9.05. The Labute approximate surface area is 92.5 Å². The van der Waals surface area contributed by atoms with Crippen LogP contribution in [0.1, 0.15) is 40.0 Å². The highest BCUT2D eigenvalue weighted by Crippen LogP contribution is 2.14. The van der Waals surface area contributed by atoms with Crippen molar-refractivity contribution in [2.24, 2.45) is 0 Å². The van der Waals surface area contributed by atoms with E-state index in [9.17, 15) is 0 Å². The second-order valence-corrected chi connectivity index (χ2v) is 4.96. The Kier molecular flexibility index (Phi) is 8.02.